The van der Waals surface area contributed by atoms with Gasteiger partial charge in [-0.3, -0.25) is 14.9 Å². The molecule has 2 rings (SSSR count). The molecule has 0 bridgehead atoms. The Kier molecular flexibility index (Phi) is 4.64. The minimum atomic E-state index is -0.464. The van der Waals surface area contributed by atoms with Crippen LogP contribution in [0, 0.1) is 10.1 Å². The van der Waals surface area contributed by atoms with Crippen molar-refractivity contribution in [2.75, 3.05) is 0 Å². The number of rotatable bonds is 6. The number of hydrogen-bond donors (Lipinski definition) is 1. The van der Waals surface area contributed by atoms with E-state index in [1.807, 2.05) is 31.2 Å². The van der Waals surface area contributed by atoms with Crippen LogP contribution in [0.4, 0.5) is 5.00 Å². The number of hydrogen-bond acceptors (Lipinski definition) is 5. The molecule has 0 aliphatic heterocycles. The maximum atomic E-state index is 11.6. The van der Waals surface area contributed by atoms with Crippen molar-refractivity contribution in [2.24, 2.45) is 5.73 Å². The predicted molar refractivity (Wildman–Crippen MR) is 81.0 cm³/mol. The summed E-state index contributed by atoms with van der Waals surface area (Å²) in [6, 6.07) is 7.30. The first-order valence-corrected chi connectivity index (χ1v) is 7.34. The molecule has 110 valence electrons. The van der Waals surface area contributed by atoms with Crippen molar-refractivity contribution >= 4 is 22.2 Å². The minimum Gasteiger partial charge on any atom is -0.369 e. The molecular formula is C14H15N3O3S. The van der Waals surface area contributed by atoms with Crippen LogP contribution >= 0.6 is 11.3 Å². The number of aromatic nitrogens is 1. The third kappa shape index (κ3) is 3.43. The maximum absolute atomic E-state index is 11.6. The van der Waals surface area contributed by atoms with Gasteiger partial charge in [0.25, 0.3) is 0 Å². The lowest BCUT2D eigenvalue weighted by Gasteiger charge is -2.13. The van der Waals surface area contributed by atoms with Gasteiger partial charge in [-0.2, -0.15) is 0 Å². The number of nitrogens with two attached hydrogens (primary N) is 1. The summed E-state index contributed by atoms with van der Waals surface area (Å²) in [6.07, 6.45) is 2.77. The molecule has 7 heteroatoms. The topological polar surface area (TPSA) is 99.1 Å². The van der Waals surface area contributed by atoms with Gasteiger partial charge in [-0.15, -0.1) is 0 Å². The minimum absolute atomic E-state index is 0.00425. The Morgan fingerprint density at radius 3 is 2.86 bits per heavy atom. The normalized spacial score (nSPS) is 12.0. The zero-order valence-corrected chi connectivity index (χ0v) is 12.3. The van der Waals surface area contributed by atoms with Gasteiger partial charge < -0.3 is 5.73 Å². The highest BCUT2D eigenvalue weighted by atomic mass is 32.1. The van der Waals surface area contributed by atoms with Gasteiger partial charge in [0.2, 0.25) is 5.91 Å². The number of carbonyl (C=O) groups excluding carboxylic acids is 1. The second-order valence-electron chi connectivity index (χ2n) is 4.63. The van der Waals surface area contributed by atoms with E-state index in [1.165, 1.54) is 6.20 Å². The highest BCUT2D eigenvalue weighted by Gasteiger charge is 2.18. The summed E-state index contributed by atoms with van der Waals surface area (Å²) < 4.78 is 0. The molecule has 0 saturated heterocycles. The molecule has 21 heavy (non-hydrogen) atoms. The van der Waals surface area contributed by atoms with E-state index in [2.05, 4.69) is 4.98 Å². The quantitative estimate of drug-likeness (QED) is 0.654. The fraction of sp³-hybridized carbons (Fsp3) is 0.286. The summed E-state index contributed by atoms with van der Waals surface area (Å²) in [5.74, 6) is -0.705. The molecule has 1 heterocycles. The van der Waals surface area contributed by atoms with Crippen molar-refractivity contribution < 1.29 is 9.72 Å². The maximum Gasteiger partial charge on any atom is 0.344 e. The van der Waals surface area contributed by atoms with E-state index in [9.17, 15) is 14.9 Å². The van der Waals surface area contributed by atoms with Crippen molar-refractivity contribution in [1.29, 1.82) is 0 Å². The SMILES string of the molecule is CCCC(C(N)=O)c1cccc(-c2ncc([N+](=O)[O-])s2)c1. The lowest BCUT2D eigenvalue weighted by Crippen LogP contribution is -2.21. The van der Waals surface area contributed by atoms with Crippen LogP contribution in [0.2, 0.25) is 0 Å². The van der Waals surface area contributed by atoms with Gasteiger partial charge in [0, 0.05) is 5.56 Å². The Morgan fingerprint density at radius 2 is 2.29 bits per heavy atom. The van der Waals surface area contributed by atoms with E-state index < -0.39 is 4.92 Å². The molecule has 1 aromatic carbocycles. The molecule has 1 aromatic heterocycles. The van der Waals surface area contributed by atoms with E-state index in [1.54, 1.807) is 0 Å². The van der Waals surface area contributed by atoms with Gasteiger partial charge in [0.1, 0.15) is 11.2 Å². The standard InChI is InChI=1S/C14H15N3O3S/c1-2-4-11(13(15)18)9-5-3-6-10(7-9)14-16-8-12(21-14)17(19)20/h3,5-8,11H,2,4H2,1H3,(H2,15,18). The first-order valence-electron chi connectivity index (χ1n) is 6.52. The van der Waals surface area contributed by atoms with E-state index in [4.69, 9.17) is 5.73 Å². The number of nitro groups is 1. The Morgan fingerprint density at radius 1 is 1.52 bits per heavy atom. The monoisotopic (exact) mass is 305 g/mol. The van der Waals surface area contributed by atoms with Crippen LogP contribution in [0.3, 0.4) is 0 Å². The van der Waals surface area contributed by atoms with Gasteiger partial charge in [-0.25, -0.2) is 4.98 Å². The highest BCUT2D eigenvalue weighted by Crippen LogP contribution is 2.32. The first kappa shape index (κ1) is 15.1. The zero-order valence-electron chi connectivity index (χ0n) is 11.5. The van der Waals surface area contributed by atoms with Crippen molar-refractivity contribution in [3.8, 4) is 10.6 Å². The van der Waals surface area contributed by atoms with Crippen molar-refractivity contribution in [3.05, 3.63) is 46.1 Å². The van der Waals surface area contributed by atoms with E-state index in [0.29, 0.717) is 11.4 Å². The highest BCUT2D eigenvalue weighted by molar-refractivity contribution is 7.18. The van der Waals surface area contributed by atoms with Gasteiger partial charge in [-0.1, -0.05) is 31.5 Å². The van der Waals surface area contributed by atoms with E-state index in [-0.39, 0.29) is 16.8 Å². The van der Waals surface area contributed by atoms with Crippen molar-refractivity contribution in [2.45, 2.75) is 25.7 Å². The van der Waals surface area contributed by atoms with Crippen LogP contribution in [0.5, 0.6) is 0 Å². The van der Waals surface area contributed by atoms with Gasteiger partial charge >= 0.3 is 5.00 Å². The number of carbonyl (C=O) groups is 1. The van der Waals surface area contributed by atoms with Gasteiger partial charge in [0.05, 0.1) is 10.8 Å². The fourth-order valence-electron chi connectivity index (χ4n) is 2.13. The molecular weight excluding hydrogens is 290 g/mol. The Labute approximate surface area is 125 Å². The molecule has 0 fully saturated rings. The number of nitrogens with zero attached hydrogens (tertiary/aromatic N) is 2. The predicted octanol–water partition coefficient (Wildman–Crippen LogP) is 3.09. The largest absolute Gasteiger partial charge is 0.369 e. The van der Waals surface area contributed by atoms with Gasteiger partial charge in [0.15, 0.2) is 0 Å². The van der Waals surface area contributed by atoms with E-state index in [0.717, 1.165) is 28.9 Å². The van der Waals surface area contributed by atoms with Crippen LogP contribution in [-0.4, -0.2) is 15.8 Å². The molecule has 0 saturated carbocycles. The fourth-order valence-corrected chi connectivity index (χ4v) is 2.86. The van der Waals surface area contributed by atoms with Crippen molar-refractivity contribution in [3.63, 3.8) is 0 Å². The number of benzene rings is 1. The Balaban J connectivity index is 2.35. The molecule has 1 amide bonds. The number of thiazole rings is 1. The second-order valence-corrected chi connectivity index (χ2v) is 5.64. The van der Waals surface area contributed by atoms with Crippen LogP contribution in [0.25, 0.3) is 10.6 Å². The Bertz CT molecular complexity index is 669. The van der Waals surface area contributed by atoms with E-state index >= 15 is 0 Å². The van der Waals surface area contributed by atoms with Crippen molar-refractivity contribution in [1.82, 2.24) is 4.98 Å². The van der Waals surface area contributed by atoms with Gasteiger partial charge in [-0.05, 0) is 29.4 Å². The first-order chi connectivity index (χ1) is 10.0. The third-order valence-corrected chi connectivity index (χ3v) is 4.13. The molecule has 2 N–H and O–H groups in total. The summed E-state index contributed by atoms with van der Waals surface area (Å²) in [5, 5.41) is 11.3. The smallest absolute Gasteiger partial charge is 0.344 e. The second kappa shape index (κ2) is 6.45. The molecule has 0 aliphatic rings. The lowest BCUT2D eigenvalue weighted by atomic mass is 9.93. The molecule has 1 unspecified atom stereocenters. The van der Waals surface area contributed by atoms with Crippen LogP contribution < -0.4 is 5.73 Å². The average Bonchev–Trinajstić information content (AvgIpc) is 2.94. The third-order valence-electron chi connectivity index (χ3n) is 3.13. The zero-order chi connectivity index (χ0) is 15.4. The molecule has 6 nitrogen and oxygen atoms in total. The summed E-state index contributed by atoms with van der Waals surface area (Å²) in [4.78, 5) is 25.9. The summed E-state index contributed by atoms with van der Waals surface area (Å²) in [5.41, 5.74) is 7.02. The van der Waals surface area contributed by atoms with Crippen LogP contribution in [0.1, 0.15) is 31.2 Å². The summed E-state index contributed by atoms with van der Waals surface area (Å²) in [7, 11) is 0. The number of primary amides is 1. The lowest BCUT2D eigenvalue weighted by molar-refractivity contribution is -0.380. The number of amides is 1. The molecule has 2 aromatic rings. The molecule has 0 spiro atoms. The molecule has 0 aliphatic carbocycles. The molecule has 0 radical (unpaired) electrons. The summed E-state index contributed by atoms with van der Waals surface area (Å²) >= 11 is 1.01. The molecule has 1 atom stereocenters. The summed E-state index contributed by atoms with van der Waals surface area (Å²) in [6.45, 7) is 1.99. The van der Waals surface area contributed by atoms with Crippen LogP contribution in [0.15, 0.2) is 30.5 Å². The Hall–Kier alpha value is -2.28. The van der Waals surface area contributed by atoms with Crippen LogP contribution in [-0.2, 0) is 4.79 Å². The average molecular weight is 305 g/mol.